The molecule has 0 bridgehead atoms. The Labute approximate surface area is 141 Å². The van der Waals surface area contributed by atoms with Crippen molar-refractivity contribution in [3.8, 4) is 17.2 Å². The molecular weight excluding hydrogens is 306 g/mol. The van der Waals surface area contributed by atoms with Crippen LogP contribution >= 0.6 is 0 Å². The fourth-order valence-corrected chi connectivity index (χ4v) is 3.16. The lowest BCUT2D eigenvalue weighted by atomic mass is 9.83. The summed E-state index contributed by atoms with van der Waals surface area (Å²) in [4.78, 5) is 12.2. The summed E-state index contributed by atoms with van der Waals surface area (Å²) in [6, 6.07) is 11.5. The van der Waals surface area contributed by atoms with Crippen LogP contribution < -0.4 is 19.5 Å². The maximum Gasteiger partial charge on any atom is 0.225 e. The van der Waals surface area contributed by atoms with Gasteiger partial charge in [0.2, 0.25) is 5.91 Å². The van der Waals surface area contributed by atoms with E-state index in [4.69, 9.17) is 14.2 Å². The summed E-state index contributed by atoms with van der Waals surface area (Å²) in [7, 11) is 3.21. The fourth-order valence-electron chi connectivity index (χ4n) is 3.16. The second kappa shape index (κ2) is 6.83. The molecule has 5 nitrogen and oxygen atoms in total. The number of benzene rings is 2. The highest BCUT2D eigenvalue weighted by molar-refractivity contribution is 5.96. The van der Waals surface area contributed by atoms with Gasteiger partial charge in [0, 0.05) is 35.6 Å². The predicted octanol–water partition coefficient (Wildman–Crippen LogP) is 3.58. The molecule has 1 aliphatic heterocycles. The Bertz CT molecular complexity index is 757. The summed E-state index contributed by atoms with van der Waals surface area (Å²) < 4.78 is 16.6. The lowest BCUT2D eigenvalue weighted by Gasteiger charge is -2.29. The fraction of sp³-hybridized carbons (Fsp3) is 0.316. The van der Waals surface area contributed by atoms with Crippen LogP contribution in [0.1, 0.15) is 30.4 Å². The maximum atomic E-state index is 12.2. The van der Waals surface area contributed by atoms with Gasteiger partial charge in [0.25, 0.3) is 0 Å². The predicted molar refractivity (Wildman–Crippen MR) is 92.2 cm³/mol. The number of carbonyl (C=O) groups excluding carboxylic acids is 1. The van der Waals surface area contributed by atoms with E-state index in [-0.39, 0.29) is 11.8 Å². The smallest absolute Gasteiger partial charge is 0.225 e. The molecule has 3 rings (SSSR count). The van der Waals surface area contributed by atoms with Crippen LogP contribution in [-0.2, 0) is 4.79 Å². The highest BCUT2D eigenvalue weighted by atomic mass is 16.5. The minimum atomic E-state index is -0.127. The van der Waals surface area contributed by atoms with E-state index < -0.39 is 0 Å². The Hall–Kier alpha value is -2.69. The number of hydrogen-bond acceptors (Lipinski definition) is 4. The van der Waals surface area contributed by atoms with Gasteiger partial charge in [-0.25, -0.2) is 0 Å². The second-order valence-electron chi connectivity index (χ2n) is 5.57. The number of methoxy groups -OCH3 is 2. The Balaban J connectivity index is 2.17. The van der Waals surface area contributed by atoms with Crippen molar-refractivity contribution in [1.29, 1.82) is 0 Å². The van der Waals surface area contributed by atoms with Crippen LogP contribution in [0.2, 0.25) is 0 Å². The molecule has 1 heterocycles. The quantitative estimate of drug-likeness (QED) is 0.912. The summed E-state index contributed by atoms with van der Waals surface area (Å²) in [6.07, 6.45) is 0.347. The largest absolute Gasteiger partial charge is 0.497 e. The first-order valence-electron chi connectivity index (χ1n) is 7.95. The van der Waals surface area contributed by atoms with Crippen LogP contribution in [0.5, 0.6) is 17.2 Å². The van der Waals surface area contributed by atoms with E-state index in [9.17, 15) is 4.79 Å². The zero-order chi connectivity index (χ0) is 17.1. The standard InChI is InChI=1S/C19H21NO4/c1-4-24-16-8-6-5-7-13(16)14-11-18(21)20-15-9-12(22-2)10-17(23-3)19(14)15/h5-10,14H,4,11H2,1-3H3,(H,20,21). The third-order valence-corrected chi connectivity index (χ3v) is 4.18. The first kappa shape index (κ1) is 16.2. The second-order valence-corrected chi connectivity index (χ2v) is 5.57. The van der Waals surface area contributed by atoms with E-state index >= 15 is 0 Å². The lowest BCUT2D eigenvalue weighted by molar-refractivity contribution is -0.116. The first-order valence-corrected chi connectivity index (χ1v) is 7.95. The highest BCUT2D eigenvalue weighted by Gasteiger charge is 2.32. The summed E-state index contributed by atoms with van der Waals surface area (Å²) in [6.45, 7) is 2.52. The highest BCUT2D eigenvalue weighted by Crippen LogP contribution is 2.46. The molecule has 1 aliphatic rings. The Kier molecular flexibility index (Phi) is 4.60. The van der Waals surface area contributed by atoms with Gasteiger partial charge >= 0.3 is 0 Å². The van der Waals surface area contributed by atoms with Crippen molar-refractivity contribution in [2.24, 2.45) is 0 Å². The van der Waals surface area contributed by atoms with Gasteiger partial charge in [0.1, 0.15) is 17.2 Å². The molecule has 0 radical (unpaired) electrons. The molecule has 0 saturated carbocycles. The van der Waals surface area contributed by atoms with E-state index in [2.05, 4.69) is 5.32 Å². The lowest BCUT2D eigenvalue weighted by Crippen LogP contribution is -2.24. The molecule has 0 fully saturated rings. The number of amides is 1. The number of ether oxygens (including phenoxy) is 3. The van der Waals surface area contributed by atoms with E-state index in [1.807, 2.05) is 43.3 Å². The monoisotopic (exact) mass is 327 g/mol. The molecule has 0 saturated heterocycles. The average Bonchev–Trinajstić information content (AvgIpc) is 2.60. The van der Waals surface area contributed by atoms with Crippen molar-refractivity contribution in [3.05, 3.63) is 47.5 Å². The van der Waals surface area contributed by atoms with Crippen molar-refractivity contribution in [2.75, 3.05) is 26.1 Å². The molecule has 0 spiro atoms. The average molecular weight is 327 g/mol. The molecule has 2 aromatic rings. The molecule has 1 unspecified atom stereocenters. The number of para-hydroxylation sites is 1. The van der Waals surface area contributed by atoms with Gasteiger partial charge in [0.05, 0.1) is 26.5 Å². The molecule has 126 valence electrons. The molecule has 1 atom stereocenters. The number of anilines is 1. The number of nitrogens with one attached hydrogen (secondary N) is 1. The summed E-state index contributed by atoms with van der Waals surface area (Å²) in [5, 5.41) is 2.92. The SMILES string of the molecule is CCOc1ccccc1C1CC(=O)Nc2cc(OC)cc(OC)c21. The summed E-state index contributed by atoms with van der Waals surface area (Å²) in [5.74, 6) is 1.97. The molecule has 5 heteroatoms. The molecule has 0 aliphatic carbocycles. The van der Waals surface area contributed by atoms with Gasteiger partial charge in [-0.3, -0.25) is 4.79 Å². The maximum absolute atomic E-state index is 12.2. The van der Waals surface area contributed by atoms with E-state index in [0.29, 0.717) is 24.5 Å². The zero-order valence-electron chi connectivity index (χ0n) is 14.1. The Morgan fingerprint density at radius 3 is 2.62 bits per heavy atom. The zero-order valence-corrected chi connectivity index (χ0v) is 14.1. The minimum absolute atomic E-state index is 0.0332. The van der Waals surface area contributed by atoms with Gasteiger partial charge in [0.15, 0.2) is 0 Å². The van der Waals surface area contributed by atoms with Crippen molar-refractivity contribution < 1.29 is 19.0 Å². The number of hydrogen-bond donors (Lipinski definition) is 1. The molecule has 24 heavy (non-hydrogen) atoms. The van der Waals surface area contributed by atoms with E-state index in [1.54, 1.807) is 14.2 Å². The molecule has 1 amide bonds. The number of fused-ring (bicyclic) bond motifs is 1. The van der Waals surface area contributed by atoms with Crippen molar-refractivity contribution >= 4 is 11.6 Å². The van der Waals surface area contributed by atoms with Crippen LogP contribution in [-0.4, -0.2) is 26.7 Å². The van der Waals surface area contributed by atoms with Crippen molar-refractivity contribution in [1.82, 2.24) is 0 Å². The van der Waals surface area contributed by atoms with Crippen molar-refractivity contribution in [3.63, 3.8) is 0 Å². The minimum Gasteiger partial charge on any atom is -0.497 e. The van der Waals surface area contributed by atoms with Crippen LogP contribution in [0.15, 0.2) is 36.4 Å². The first-order chi connectivity index (χ1) is 11.7. The van der Waals surface area contributed by atoms with Crippen LogP contribution in [0.4, 0.5) is 5.69 Å². The van der Waals surface area contributed by atoms with E-state index in [0.717, 1.165) is 22.6 Å². The normalized spacial score (nSPS) is 16.1. The Morgan fingerprint density at radius 2 is 1.92 bits per heavy atom. The van der Waals surface area contributed by atoms with Crippen molar-refractivity contribution in [2.45, 2.75) is 19.3 Å². The molecular formula is C19H21NO4. The van der Waals surface area contributed by atoms with E-state index in [1.165, 1.54) is 0 Å². The molecule has 0 aromatic heterocycles. The summed E-state index contributed by atoms with van der Waals surface area (Å²) >= 11 is 0. The number of carbonyl (C=O) groups is 1. The van der Waals surface area contributed by atoms with Gasteiger partial charge in [-0.1, -0.05) is 18.2 Å². The van der Waals surface area contributed by atoms with Crippen LogP contribution in [0, 0.1) is 0 Å². The van der Waals surface area contributed by atoms with Gasteiger partial charge in [-0.2, -0.15) is 0 Å². The van der Waals surface area contributed by atoms with Crippen LogP contribution in [0.3, 0.4) is 0 Å². The molecule has 2 aromatic carbocycles. The van der Waals surface area contributed by atoms with Gasteiger partial charge in [-0.05, 0) is 13.0 Å². The third-order valence-electron chi connectivity index (χ3n) is 4.18. The topological polar surface area (TPSA) is 56.8 Å². The Morgan fingerprint density at radius 1 is 1.12 bits per heavy atom. The van der Waals surface area contributed by atoms with Crippen LogP contribution in [0.25, 0.3) is 0 Å². The molecule has 1 N–H and O–H groups in total. The third kappa shape index (κ3) is 2.89. The van der Waals surface area contributed by atoms with Gasteiger partial charge in [-0.15, -0.1) is 0 Å². The summed E-state index contributed by atoms with van der Waals surface area (Å²) in [5.41, 5.74) is 2.66. The van der Waals surface area contributed by atoms with Gasteiger partial charge < -0.3 is 19.5 Å². The number of rotatable bonds is 5.